The largest absolute Gasteiger partial charge is 0.399 e. The number of hydrogen-bond acceptors (Lipinski definition) is 2. The van der Waals surface area contributed by atoms with Gasteiger partial charge in [0.1, 0.15) is 0 Å². The van der Waals surface area contributed by atoms with Crippen LogP contribution in [0.25, 0.3) is 6.08 Å². The first-order valence-electron chi connectivity index (χ1n) is 9.61. The Hall–Kier alpha value is -1.55. The molecule has 186 valence electrons. The summed E-state index contributed by atoms with van der Waals surface area (Å²) in [4.78, 5) is 12.4. The molecule has 2 aromatic carbocycles. The van der Waals surface area contributed by atoms with Crippen molar-refractivity contribution in [2.45, 2.75) is 31.2 Å². The molecule has 0 spiro atoms. The van der Waals surface area contributed by atoms with Crippen molar-refractivity contribution >= 4 is 58.5 Å². The standard InChI is InChI=1S/C22H18Cl3F6NOS/c1-12(10-34-11-21(26,27)28)32-20(33)17-4-2-13(6-19(17)25)3-5-18(22(29,30)31)14-7-15(23)9-16(24)8-14/h2-9,12,18H,10-11H2,1H3,(H,32,33)/b5-3+/t12-,18?/m1/s1. The Balaban J connectivity index is 2.13. The molecule has 2 aromatic rings. The van der Waals surface area contributed by atoms with E-state index in [-0.39, 0.29) is 31.9 Å². The van der Waals surface area contributed by atoms with Crippen molar-refractivity contribution in [2.75, 3.05) is 11.5 Å². The zero-order valence-electron chi connectivity index (χ0n) is 17.4. The predicted molar refractivity (Wildman–Crippen MR) is 126 cm³/mol. The minimum absolute atomic E-state index is 0.0239. The fourth-order valence-electron chi connectivity index (χ4n) is 2.89. The summed E-state index contributed by atoms with van der Waals surface area (Å²) in [6, 6.07) is 7.14. The number of carbonyl (C=O) groups is 1. The van der Waals surface area contributed by atoms with Gasteiger partial charge >= 0.3 is 12.4 Å². The van der Waals surface area contributed by atoms with Crippen LogP contribution in [0.3, 0.4) is 0 Å². The second kappa shape index (κ2) is 11.9. The van der Waals surface area contributed by atoms with Gasteiger partial charge in [-0.05, 0) is 48.4 Å². The maximum absolute atomic E-state index is 13.6. The van der Waals surface area contributed by atoms with Crippen LogP contribution in [0, 0.1) is 0 Å². The number of benzene rings is 2. The summed E-state index contributed by atoms with van der Waals surface area (Å²) in [5.74, 6) is -3.59. The average Bonchev–Trinajstić information content (AvgIpc) is 2.65. The molecule has 0 heterocycles. The van der Waals surface area contributed by atoms with E-state index in [2.05, 4.69) is 5.32 Å². The minimum Gasteiger partial charge on any atom is -0.349 e. The van der Waals surface area contributed by atoms with Gasteiger partial charge in [0.25, 0.3) is 5.91 Å². The summed E-state index contributed by atoms with van der Waals surface area (Å²) >= 11 is 18.4. The second-order valence-corrected chi connectivity index (χ2v) is 9.64. The molecule has 2 nitrogen and oxygen atoms in total. The van der Waals surface area contributed by atoms with E-state index in [1.807, 2.05) is 0 Å². The molecule has 2 atom stereocenters. The van der Waals surface area contributed by atoms with Crippen molar-refractivity contribution in [1.29, 1.82) is 0 Å². The van der Waals surface area contributed by atoms with Crippen LogP contribution in [-0.4, -0.2) is 35.8 Å². The first-order chi connectivity index (χ1) is 15.7. The molecule has 0 fully saturated rings. The maximum Gasteiger partial charge on any atom is 0.399 e. The number of hydrogen-bond donors (Lipinski definition) is 1. The lowest BCUT2D eigenvalue weighted by molar-refractivity contribution is -0.139. The zero-order valence-corrected chi connectivity index (χ0v) is 20.5. The van der Waals surface area contributed by atoms with Gasteiger partial charge in [-0.1, -0.05) is 53.0 Å². The lowest BCUT2D eigenvalue weighted by Gasteiger charge is -2.18. The fraction of sp³-hybridized carbons (Fsp3) is 0.318. The van der Waals surface area contributed by atoms with E-state index in [0.717, 1.165) is 6.08 Å². The van der Waals surface area contributed by atoms with Crippen LogP contribution < -0.4 is 5.32 Å². The molecule has 0 aromatic heterocycles. The summed E-state index contributed by atoms with van der Waals surface area (Å²) in [6.07, 6.45) is -6.79. The molecule has 12 heteroatoms. The first kappa shape index (κ1) is 28.7. The predicted octanol–water partition coefficient (Wildman–Crippen LogP) is 8.42. The number of amides is 1. The molecule has 0 aliphatic carbocycles. The number of alkyl halides is 6. The molecule has 2 rings (SSSR count). The Bertz CT molecular complexity index is 1020. The van der Waals surface area contributed by atoms with E-state index in [1.54, 1.807) is 6.92 Å². The van der Waals surface area contributed by atoms with E-state index >= 15 is 0 Å². The topological polar surface area (TPSA) is 29.1 Å². The molecule has 1 unspecified atom stereocenters. The van der Waals surface area contributed by atoms with E-state index in [0.29, 0.717) is 17.3 Å². The minimum atomic E-state index is -4.62. The molecule has 0 bridgehead atoms. The van der Waals surface area contributed by atoms with Crippen LogP contribution in [0.15, 0.2) is 42.5 Å². The number of carbonyl (C=O) groups excluding carboxylic acids is 1. The van der Waals surface area contributed by atoms with E-state index in [9.17, 15) is 31.1 Å². The van der Waals surface area contributed by atoms with Gasteiger partial charge in [-0.15, -0.1) is 0 Å². The average molecular weight is 565 g/mol. The van der Waals surface area contributed by atoms with Gasteiger partial charge < -0.3 is 5.32 Å². The van der Waals surface area contributed by atoms with Crippen LogP contribution in [0.4, 0.5) is 26.3 Å². The van der Waals surface area contributed by atoms with Crippen molar-refractivity contribution in [3.8, 4) is 0 Å². The number of halogens is 9. The second-order valence-electron chi connectivity index (χ2n) is 7.33. The van der Waals surface area contributed by atoms with Crippen molar-refractivity contribution < 1.29 is 31.1 Å². The lowest BCUT2D eigenvalue weighted by atomic mass is 9.97. The van der Waals surface area contributed by atoms with Crippen LogP contribution >= 0.6 is 46.6 Å². The zero-order chi connectivity index (χ0) is 25.7. The number of nitrogens with one attached hydrogen (secondary N) is 1. The third-order valence-corrected chi connectivity index (χ3v) is 6.34. The number of thioether (sulfide) groups is 1. The highest BCUT2D eigenvalue weighted by Crippen LogP contribution is 2.38. The normalized spacial score (nSPS) is 14.3. The van der Waals surface area contributed by atoms with E-state index in [1.165, 1.54) is 42.5 Å². The highest BCUT2D eigenvalue weighted by atomic mass is 35.5. The summed E-state index contributed by atoms with van der Waals surface area (Å²) < 4.78 is 77.5. The molecular weight excluding hydrogens is 547 g/mol. The van der Waals surface area contributed by atoms with Gasteiger partial charge in [0.05, 0.1) is 22.3 Å². The highest BCUT2D eigenvalue weighted by Gasteiger charge is 2.39. The fourth-order valence-corrected chi connectivity index (χ4v) is 4.49. The van der Waals surface area contributed by atoms with Crippen LogP contribution in [0.5, 0.6) is 0 Å². The number of rotatable bonds is 8. The number of allylic oxidation sites excluding steroid dienone is 1. The summed E-state index contributed by atoms with van der Waals surface area (Å²) in [5, 5.41) is 2.65. The molecule has 0 saturated heterocycles. The maximum atomic E-state index is 13.6. The molecule has 0 radical (unpaired) electrons. The third kappa shape index (κ3) is 9.24. The molecule has 1 N–H and O–H groups in total. The first-order valence-corrected chi connectivity index (χ1v) is 11.9. The Morgan fingerprint density at radius 1 is 1.03 bits per heavy atom. The molecule has 0 aliphatic rings. The van der Waals surface area contributed by atoms with Crippen molar-refractivity contribution in [3.63, 3.8) is 0 Å². The molecular formula is C22H18Cl3F6NOS. The van der Waals surface area contributed by atoms with Gasteiger partial charge in [0, 0.05) is 21.8 Å². The van der Waals surface area contributed by atoms with Crippen LogP contribution in [0.2, 0.25) is 15.1 Å². The van der Waals surface area contributed by atoms with Gasteiger partial charge in [-0.2, -0.15) is 38.1 Å². The Morgan fingerprint density at radius 2 is 1.65 bits per heavy atom. The summed E-state index contributed by atoms with van der Waals surface area (Å²) in [6.45, 7) is 1.55. The Morgan fingerprint density at radius 3 is 2.18 bits per heavy atom. The third-order valence-electron chi connectivity index (χ3n) is 4.33. The van der Waals surface area contributed by atoms with Crippen molar-refractivity contribution in [3.05, 3.63) is 74.2 Å². The van der Waals surface area contributed by atoms with E-state index < -0.39 is 36.0 Å². The van der Waals surface area contributed by atoms with Gasteiger partial charge in [0.15, 0.2) is 0 Å². The van der Waals surface area contributed by atoms with Crippen LogP contribution in [-0.2, 0) is 0 Å². The molecule has 1 amide bonds. The van der Waals surface area contributed by atoms with Crippen molar-refractivity contribution in [1.82, 2.24) is 5.32 Å². The monoisotopic (exact) mass is 563 g/mol. The molecule has 0 saturated carbocycles. The van der Waals surface area contributed by atoms with Gasteiger partial charge in [-0.25, -0.2) is 0 Å². The quantitative estimate of drug-likeness (QED) is 0.326. The van der Waals surface area contributed by atoms with E-state index in [4.69, 9.17) is 34.8 Å². The molecule has 0 aliphatic heterocycles. The highest BCUT2D eigenvalue weighted by molar-refractivity contribution is 7.99. The Labute approximate surface area is 211 Å². The smallest absolute Gasteiger partial charge is 0.349 e. The van der Waals surface area contributed by atoms with Gasteiger partial charge in [0.2, 0.25) is 0 Å². The lowest BCUT2D eigenvalue weighted by Crippen LogP contribution is -2.34. The SMILES string of the molecule is C[C@H](CSCC(F)(F)F)NC(=O)c1ccc(/C=C/C(c2cc(Cl)cc(Cl)c2)C(F)(F)F)cc1Cl. The Kier molecular flexibility index (Phi) is 10.1. The van der Waals surface area contributed by atoms with Crippen LogP contribution in [0.1, 0.15) is 34.3 Å². The summed E-state index contributed by atoms with van der Waals surface area (Å²) in [7, 11) is 0. The van der Waals surface area contributed by atoms with Crippen molar-refractivity contribution in [2.24, 2.45) is 0 Å². The van der Waals surface area contributed by atoms with Gasteiger partial charge in [-0.3, -0.25) is 4.79 Å². The molecule has 34 heavy (non-hydrogen) atoms. The summed E-state index contributed by atoms with van der Waals surface area (Å²) in [5.41, 5.74) is 0.207.